The standard InChI is InChI=1S/C24H31N3O5/c1-31-22-16-20(21(27(29)30)17-23(22)32-2)24(28)25-13-7-8-18-9-11-19(12-10-18)26-14-5-3-4-6-15-26/h9-12,16-17H,3-8,13-15H2,1-2H3,(H,25,28). The van der Waals surface area contributed by atoms with E-state index in [2.05, 4.69) is 34.5 Å². The maximum Gasteiger partial charge on any atom is 0.286 e. The van der Waals surface area contributed by atoms with Crippen LogP contribution in [0, 0.1) is 10.1 Å². The summed E-state index contributed by atoms with van der Waals surface area (Å²) in [5.74, 6) is -0.0266. The van der Waals surface area contributed by atoms with Crippen LogP contribution in [0.3, 0.4) is 0 Å². The molecule has 0 saturated carbocycles. The summed E-state index contributed by atoms with van der Waals surface area (Å²) >= 11 is 0. The summed E-state index contributed by atoms with van der Waals surface area (Å²) in [4.78, 5) is 25.8. The van der Waals surface area contributed by atoms with Gasteiger partial charge >= 0.3 is 0 Å². The Kier molecular flexibility index (Phi) is 8.30. The van der Waals surface area contributed by atoms with Gasteiger partial charge in [-0.25, -0.2) is 0 Å². The molecule has 8 heteroatoms. The normalized spacial score (nSPS) is 13.9. The van der Waals surface area contributed by atoms with Gasteiger partial charge in [0.1, 0.15) is 5.56 Å². The Hall–Kier alpha value is -3.29. The van der Waals surface area contributed by atoms with Gasteiger partial charge in [0, 0.05) is 31.4 Å². The highest BCUT2D eigenvalue weighted by atomic mass is 16.6. The van der Waals surface area contributed by atoms with Crippen LogP contribution in [0.2, 0.25) is 0 Å². The zero-order valence-corrected chi connectivity index (χ0v) is 18.8. The minimum absolute atomic E-state index is 0.0468. The van der Waals surface area contributed by atoms with E-state index in [-0.39, 0.29) is 22.7 Å². The zero-order chi connectivity index (χ0) is 22.9. The van der Waals surface area contributed by atoms with E-state index >= 15 is 0 Å². The number of ether oxygens (including phenoxy) is 2. The van der Waals surface area contributed by atoms with Gasteiger partial charge in [-0.2, -0.15) is 0 Å². The molecule has 1 heterocycles. The van der Waals surface area contributed by atoms with E-state index in [0.29, 0.717) is 6.54 Å². The van der Waals surface area contributed by atoms with Gasteiger partial charge < -0.3 is 19.7 Å². The highest BCUT2D eigenvalue weighted by Crippen LogP contribution is 2.34. The predicted molar refractivity (Wildman–Crippen MR) is 124 cm³/mol. The van der Waals surface area contributed by atoms with Gasteiger partial charge in [-0.05, 0) is 43.4 Å². The number of amides is 1. The number of carbonyl (C=O) groups excluding carboxylic acids is 1. The first-order valence-electron chi connectivity index (χ1n) is 11.1. The number of nitro benzene ring substituents is 1. The number of aryl methyl sites for hydroxylation is 1. The fourth-order valence-corrected chi connectivity index (χ4v) is 3.99. The van der Waals surface area contributed by atoms with Crippen LogP contribution in [0.15, 0.2) is 36.4 Å². The summed E-state index contributed by atoms with van der Waals surface area (Å²) < 4.78 is 10.3. The summed E-state index contributed by atoms with van der Waals surface area (Å²) in [6, 6.07) is 11.2. The average molecular weight is 442 g/mol. The van der Waals surface area contributed by atoms with Crippen molar-refractivity contribution >= 4 is 17.3 Å². The third kappa shape index (κ3) is 5.90. The predicted octanol–water partition coefficient (Wildman–Crippen LogP) is 4.36. The lowest BCUT2D eigenvalue weighted by Crippen LogP contribution is -2.25. The molecule has 0 unspecified atom stereocenters. The molecule has 0 spiro atoms. The monoisotopic (exact) mass is 441 g/mol. The highest BCUT2D eigenvalue weighted by molar-refractivity contribution is 5.99. The lowest BCUT2D eigenvalue weighted by atomic mass is 10.1. The van der Waals surface area contributed by atoms with Gasteiger partial charge in [0.05, 0.1) is 25.2 Å². The Labute approximate surface area is 188 Å². The summed E-state index contributed by atoms with van der Waals surface area (Å²) in [6.07, 6.45) is 6.67. The van der Waals surface area contributed by atoms with Gasteiger partial charge in [0.2, 0.25) is 0 Å². The molecular formula is C24H31N3O5. The van der Waals surface area contributed by atoms with E-state index in [1.165, 1.54) is 63.3 Å². The van der Waals surface area contributed by atoms with Crippen LogP contribution < -0.4 is 19.7 Å². The van der Waals surface area contributed by atoms with Crippen molar-refractivity contribution in [2.45, 2.75) is 38.5 Å². The Morgan fingerprint density at radius 3 is 2.25 bits per heavy atom. The van der Waals surface area contributed by atoms with Gasteiger partial charge in [0.25, 0.3) is 11.6 Å². The molecule has 1 saturated heterocycles. The second-order valence-corrected chi connectivity index (χ2v) is 7.91. The molecule has 0 aliphatic carbocycles. The van der Waals surface area contributed by atoms with Gasteiger partial charge in [0.15, 0.2) is 11.5 Å². The molecule has 1 N–H and O–H groups in total. The van der Waals surface area contributed by atoms with Crippen molar-refractivity contribution in [1.29, 1.82) is 0 Å². The molecule has 1 aliphatic heterocycles. The maximum absolute atomic E-state index is 12.6. The Balaban J connectivity index is 1.54. The number of nitrogens with zero attached hydrogens (tertiary/aromatic N) is 2. The van der Waals surface area contributed by atoms with Crippen LogP contribution in [-0.4, -0.2) is 44.7 Å². The van der Waals surface area contributed by atoms with E-state index in [4.69, 9.17) is 9.47 Å². The minimum atomic E-state index is -0.595. The van der Waals surface area contributed by atoms with Crippen LogP contribution in [0.1, 0.15) is 48.0 Å². The minimum Gasteiger partial charge on any atom is -0.493 e. The Bertz CT molecular complexity index is 922. The molecule has 1 fully saturated rings. The quantitative estimate of drug-likeness (QED) is 0.353. The maximum atomic E-state index is 12.6. The summed E-state index contributed by atoms with van der Waals surface area (Å²) in [5.41, 5.74) is 2.11. The topological polar surface area (TPSA) is 93.9 Å². The van der Waals surface area contributed by atoms with Gasteiger partial charge in [-0.1, -0.05) is 25.0 Å². The van der Waals surface area contributed by atoms with Crippen LogP contribution >= 0.6 is 0 Å². The number of benzene rings is 2. The number of rotatable bonds is 9. The molecule has 1 amide bonds. The van der Waals surface area contributed by atoms with Crippen LogP contribution in [0.5, 0.6) is 11.5 Å². The number of hydrogen-bond donors (Lipinski definition) is 1. The van der Waals surface area contributed by atoms with Crippen molar-refractivity contribution in [2.75, 3.05) is 38.8 Å². The molecule has 1 aliphatic rings. The number of nitro groups is 1. The number of methoxy groups -OCH3 is 2. The van der Waals surface area contributed by atoms with Crippen molar-refractivity contribution in [3.63, 3.8) is 0 Å². The average Bonchev–Trinajstić information content (AvgIpc) is 3.10. The first-order chi connectivity index (χ1) is 15.5. The molecular weight excluding hydrogens is 410 g/mol. The van der Waals surface area contributed by atoms with Crippen molar-refractivity contribution in [2.24, 2.45) is 0 Å². The lowest BCUT2D eigenvalue weighted by Gasteiger charge is -2.22. The zero-order valence-electron chi connectivity index (χ0n) is 18.8. The van der Waals surface area contributed by atoms with Crippen molar-refractivity contribution in [3.05, 3.63) is 57.6 Å². The first-order valence-corrected chi connectivity index (χ1v) is 11.1. The van der Waals surface area contributed by atoms with Crippen molar-refractivity contribution in [1.82, 2.24) is 5.32 Å². The number of anilines is 1. The summed E-state index contributed by atoms with van der Waals surface area (Å²) in [5, 5.41) is 14.2. The second-order valence-electron chi connectivity index (χ2n) is 7.91. The largest absolute Gasteiger partial charge is 0.493 e. The van der Waals surface area contributed by atoms with E-state index in [0.717, 1.165) is 25.9 Å². The SMILES string of the molecule is COc1cc(C(=O)NCCCc2ccc(N3CCCCCC3)cc2)c([N+](=O)[O-])cc1OC. The van der Waals surface area contributed by atoms with E-state index in [1.54, 1.807) is 0 Å². The highest BCUT2D eigenvalue weighted by Gasteiger charge is 2.24. The van der Waals surface area contributed by atoms with Crippen LogP contribution in [0.25, 0.3) is 0 Å². The van der Waals surface area contributed by atoms with E-state index in [1.807, 2.05) is 0 Å². The fraction of sp³-hybridized carbons (Fsp3) is 0.458. The number of nitrogens with one attached hydrogen (secondary N) is 1. The van der Waals surface area contributed by atoms with Gasteiger partial charge in [-0.3, -0.25) is 14.9 Å². The molecule has 0 atom stereocenters. The molecule has 32 heavy (non-hydrogen) atoms. The van der Waals surface area contributed by atoms with Crippen molar-refractivity contribution in [3.8, 4) is 11.5 Å². The van der Waals surface area contributed by atoms with E-state index in [9.17, 15) is 14.9 Å². The second kappa shape index (κ2) is 11.4. The molecule has 0 radical (unpaired) electrons. The smallest absolute Gasteiger partial charge is 0.286 e. The molecule has 8 nitrogen and oxygen atoms in total. The van der Waals surface area contributed by atoms with Crippen LogP contribution in [0.4, 0.5) is 11.4 Å². The number of hydrogen-bond acceptors (Lipinski definition) is 6. The summed E-state index contributed by atoms with van der Waals surface area (Å²) in [7, 11) is 2.81. The molecule has 172 valence electrons. The number of carbonyl (C=O) groups is 1. The van der Waals surface area contributed by atoms with Gasteiger partial charge in [-0.15, -0.1) is 0 Å². The first kappa shape index (κ1) is 23.4. The van der Waals surface area contributed by atoms with Crippen LogP contribution in [-0.2, 0) is 6.42 Å². The molecule has 3 rings (SSSR count). The molecule has 2 aromatic carbocycles. The fourth-order valence-electron chi connectivity index (χ4n) is 3.99. The lowest BCUT2D eigenvalue weighted by molar-refractivity contribution is -0.385. The Morgan fingerprint density at radius 1 is 1.03 bits per heavy atom. The third-order valence-corrected chi connectivity index (χ3v) is 5.78. The molecule has 2 aromatic rings. The summed E-state index contributed by atoms with van der Waals surface area (Å²) in [6.45, 7) is 2.65. The van der Waals surface area contributed by atoms with E-state index < -0.39 is 10.8 Å². The third-order valence-electron chi connectivity index (χ3n) is 5.78. The Morgan fingerprint density at radius 2 is 1.66 bits per heavy atom. The molecule has 0 bridgehead atoms. The molecule has 0 aromatic heterocycles. The van der Waals surface area contributed by atoms with Crippen molar-refractivity contribution < 1.29 is 19.2 Å².